The Morgan fingerprint density at radius 1 is 1.24 bits per heavy atom. The summed E-state index contributed by atoms with van der Waals surface area (Å²) in [7, 11) is 0. The molecule has 0 aliphatic carbocycles. The van der Waals surface area contributed by atoms with E-state index < -0.39 is 0 Å². The number of pyridine rings is 1. The van der Waals surface area contributed by atoms with E-state index in [-0.39, 0.29) is 0 Å². The normalized spacial score (nSPS) is 12.3. The number of benzene rings is 1. The first-order chi connectivity index (χ1) is 10.3. The summed E-state index contributed by atoms with van der Waals surface area (Å²) in [6, 6.07) is 12.6. The summed E-state index contributed by atoms with van der Waals surface area (Å²) in [5, 5.41) is 4.41. The molecular formula is C17H21ClN2S. The highest BCUT2D eigenvalue weighted by atomic mass is 35.5. The highest BCUT2D eigenvalue weighted by molar-refractivity contribution is 7.99. The van der Waals surface area contributed by atoms with Gasteiger partial charge in [0, 0.05) is 34.1 Å². The van der Waals surface area contributed by atoms with Crippen molar-refractivity contribution in [1.29, 1.82) is 0 Å². The van der Waals surface area contributed by atoms with Gasteiger partial charge in [0.15, 0.2) is 0 Å². The van der Waals surface area contributed by atoms with Crippen LogP contribution in [0.2, 0.25) is 5.02 Å². The van der Waals surface area contributed by atoms with Crippen LogP contribution in [0, 0.1) is 0 Å². The number of nitrogens with zero attached hydrogens (tertiary/aromatic N) is 1. The van der Waals surface area contributed by atoms with Crippen molar-refractivity contribution in [2.24, 2.45) is 0 Å². The van der Waals surface area contributed by atoms with Gasteiger partial charge in [0.1, 0.15) is 0 Å². The van der Waals surface area contributed by atoms with Gasteiger partial charge < -0.3 is 5.32 Å². The fourth-order valence-corrected chi connectivity index (χ4v) is 3.15. The van der Waals surface area contributed by atoms with Crippen molar-refractivity contribution >= 4 is 23.4 Å². The van der Waals surface area contributed by atoms with Crippen LogP contribution < -0.4 is 5.32 Å². The molecule has 0 aliphatic rings. The highest BCUT2D eigenvalue weighted by Gasteiger charge is 2.09. The molecule has 2 nitrogen and oxygen atoms in total. The van der Waals surface area contributed by atoms with Crippen LogP contribution in [0.1, 0.15) is 18.9 Å². The zero-order valence-corrected chi connectivity index (χ0v) is 13.8. The smallest absolute Gasteiger partial charge is 0.0406 e. The molecule has 1 atom stereocenters. The van der Waals surface area contributed by atoms with E-state index in [2.05, 4.69) is 35.4 Å². The van der Waals surface area contributed by atoms with Gasteiger partial charge in [-0.1, -0.05) is 24.6 Å². The lowest BCUT2D eigenvalue weighted by Gasteiger charge is -2.18. The largest absolute Gasteiger partial charge is 0.313 e. The van der Waals surface area contributed by atoms with Crippen molar-refractivity contribution in [2.45, 2.75) is 30.7 Å². The molecule has 0 saturated heterocycles. The molecule has 2 rings (SSSR count). The predicted octanol–water partition coefficient (Wildman–Crippen LogP) is 4.44. The fourth-order valence-electron chi connectivity index (χ4n) is 2.07. The Kier molecular flexibility index (Phi) is 7.07. The number of halogens is 1. The zero-order chi connectivity index (χ0) is 14.9. The van der Waals surface area contributed by atoms with Gasteiger partial charge in [-0.15, -0.1) is 11.8 Å². The van der Waals surface area contributed by atoms with Gasteiger partial charge in [0.25, 0.3) is 0 Å². The zero-order valence-electron chi connectivity index (χ0n) is 12.3. The first-order valence-corrected chi connectivity index (χ1v) is 8.65. The molecule has 1 aromatic heterocycles. The van der Waals surface area contributed by atoms with Crippen LogP contribution in [-0.2, 0) is 6.42 Å². The molecule has 0 fully saturated rings. The van der Waals surface area contributed by atoms with Crippen LogP contribution in [0.5, 0.6) is 0 Å². The Hall–Kier alpha value is -1.03. The Bertz CT molecular complexity index is 516. The summed E-state index contributed by atoms with van der Waals surface area (Å²) >= 11 is 7.79. The quantitative estimate of drug-likeness (QED) is 0.728. The van der Waals surface area contributed by atoms with E-state index in [1.165, 1.54) is 10.5 Å². The molecule has 0 amide bonds. The van der Waals surface area contributed by atoms with Gasteiger partial charge in [0.2, 0.25) is 0 Å². The van der Waals surface area contributed by atoms with Crippen LogP contribution in [0.4, 0.5) is 0 Å². The summed E-state index contributed by atoms with van der Waals surface area (Å²) in [6.07, 6.45) is 5.93. The van der Waals surface area contributed by atoms with E-state index in [0.717, 1.165) is 30.2 Å². The van der Waals surface area contributed by atoms with E-state index in [9.17, 15) is 0 Å². The van der Waals surface area contributed by atoms with Crippen LogP contribution in [-0.4, -0.2) is 23.3 Å². The van der Waals surface area contributed by atoms with E-state index in [1.807, 2.05) is 42.4 Å². The van der Waals surface area contributed by atoms with Crippen LogP contribution >= 0.6 is 23.4 Å². The molecular weight excluding hydrogens is 300 g/mol. The van der Waals surface area contributed by atoms with Gasteiger partial charge in [-0.3, -0.25) is 4.98 Å². The number of aromatic nitrogens is 1. The molecule has 1 N–H and O–H groups in total. The van der Waals surface area contributed by atoms with Crippen LogP contribution in [0.3, 0.4) is 0 Å². The third-order valence-electron chi connectivity index (χ3n) is 3.15. The summed E-state index contributed by atoms with van der Waals surface area (Å²) in [6.45, 7) is 3.24. The lowest BCUT2D eigenvalue weighted by atomic mass is 10.1. The van der Waals surface area contributed by atoms with Crippen molar-refractivity contribution in [1.82, 2.24) is 10.3 Å². The number of nitrogens with one attached hydrogen (secondary N) is 1. The second-order valence-corrected chi connectivity index (χ2v) is 6.51. The summed E-state index contributed by atoms with van der Waals surface area (Å²) < 4.78 is 0. The molecule has 21 heavy (non-hydrogen) atoms. The minimum absolute atomic E-state index is 0.454. The second-order valence-electron chi connectivity index (χ2n) is 4.98. The molecule has 0 spiro atoms. The Morgan fingerprint density at radius 3 is 2.71 bits per heavy atom. The Morgan fingerprint density at radius 2 is 2.05 bits per heavy atom. The SMILES string of the molecule is CCCNC(CSc1ccc(Cl)cc1)Cc1cccnc1. The van der Waals surface area contributed by atoms with E-state index in [0.29, 0.717) is 6.04 Å². The Balaban J connectivity index is 1.91. The van der Waals surface area contributed by atoms with Gasteiger partial charge >= 0.3 is 0 Å². The molecule has 0 radical (unpaired) electrons. The Labute approximate surface area is 136 Å². The minimum atomic E-state index is 0.454. The minimum Gasteiger partial charge on any atom is -0.313 e. The maximum Gasteiger partial charge on any atom is 0.0406 e. The van der Waals surface area contributed by atoms with E-state index in [4.69, 9.17) is 11.6 Å². The third kappa shape index (κ3) is 6.08. The highest BCUT2D eigenvalue weighted by Crippen LogP contribution is 2.21. The average Bonchev–Trinajstić information content (AvgIpc) is 2.52. The number of rotatable bonds is 8. The summed E-state index contributed by atoms with van der Waals surface area (Å²) in [5.74, 6) is 1.04. The molecule has 2 aromatic rings. The van der Waals surface area contributed by atoms with Gasteiger partial charge in [0.05, 0.1) is 0 Å². The lowest BCUT2D eigenvalue weighted by Crippen LogP contribution is -2.34. The van der Waals surface area contributed by atoms with E-state index >= 15 is 0 Å². The lowest BCUT2D eigenvalue weighted by molar-refractivity contribution is 0.549. The topological polar surface area (TPSA) is 24.9 Å². The van der Waals surface area contributed by atoms with Gasteiger partial charge in [-0.25, -0.2) is 0 Å². The molecule has 1 heterocycles. The molecule has 0 bridgehead atoms. The standard InChI is InChI=1S/C17H21ClN2S/c1-2-9-20-16(11-14-4-3-10-19-12-14)13-21-17-7-5-15(18)6-8-17/h3-8,10,12,16,20H,2,9,11,13H2,1H3. The fraction of sp³-hybridized carbons (Fsp3) is 0.353. The molecule has 112 valence electrons. The first kappa shape index (κ1) is 16.3. The van der Waals surface area contributed by atoms with E-state index in [1.54, 1.807) is 0 Å². The molecule has 1 aromatic carbocycles. The van der Waals surface area contributed by atoms with Crippen molar-refractivity contribution in [3.63, 3.8) is 0 Å². The van der Waals surface area contributed by atoms with Crippen LogP contribution in [0.15, 0.2) is 53.7 Å². The summed E-state index contributed by atoms with van der Waals surface area (Å²) in [4.78, 5) is 5.45. The first-order valence-electron chi connectivity index (χ1n) is 7.28. The maximum absolute atomic E-state index is 5.92. The molecule has 1 unspecified atom stereocenters. The summed E-state index contributed by atoms with van der Waals surface area (Å²) in [5.41, 5.74) is 1.28. The predicted molar refractivity (Wildman–Crippen MR) is 92.2 cm³/mol. The van der Waals surface area contributed by atoms with Crippen molar-refractivity contribution < 1.29 is 0 Å². The molecule has 0 aliphatic heterocycles. The number of hydrogen-bond acceptors (Lipinski definition) is 3. The third-order valence-corrected chi connectivity index (χ3v) is 4.58. The number of hydrogen-bond donors (Lipinski definition) is 1. The second kappa shape index (κ2) is 9.08. The van der Waals surface area contributed by atoms with Gasteiger partial charge in [-0.05, 0) is 55.3 Å². The maximum atomic E-state index is 5.92. The number of thioether (sulfide) groups is 1. The monoisotopic (exact) mass is 320 g/mol. The molecule has 4 heteroatoms. The van der Waals surface area contributed by atoms with Crippen molar-refractivity contribution in [3.8, 4) is 0 Å². The van der Waals surface area contributed by atoms with Crippen molar-refractivity contribution in [2.75, 3.05) is 12.3 Å². The molecule has 0 saturated carbocycles. The average molecular weight is 321 g/mol. The van der Waals surface area contributed by atoms with Crippen molar-refractivity contribution in [3.05, 3.63) is 59.4 Å². The van der Waals surface area contributed by atoms with Crippen LogP contribution in [0.25, 0.3) is 0 Å². The van der Waals surface area contributed by atoms with Gasteiger partial charge in [-0.2, -0.15) is 0 Å².